The first kappa shape index (κ1) is 12.7. The van der Waals surface area contributed by atoms with Gasteiger partial charge in [-0.05, 0) is 60.7 Å². The van der Waals surface area contributed by atoms with Crippen molar-refractivity contribution in [2.24, 2.45) is 0 Å². The van der Waals surface area contributed by atoms with Gasteiger partial charge in [-0.3, -0.25) is 0 Å². The summed E-state index contributed by atoms with van der Waals surface area (Å²) in [6.07, 6.45) is 2.31. The van der Waals surface area contributed by atoms with Crippen LogP contribution in [-0.2, 0) is 0 Å². The van der Waals surface area contributed by atoms with E-state index in [1.165, 1.54) is 33.4 Å². The summed E-state index contributed by atoms with van der Waals surface area (Å²) in [4.78, 5) is 0. The summed E-state index contributed by atoms with van der Waals surface area (Å²) < 4.78 is 1.15. The van der Waals surface area contributed by atoms with Crippen molar-refractivity contribution in [2.45, 2.75) is 26.7 Å². The number of hydrogen-bond acceptors (Lipinski definition) is 0. The molecule has 0 nitrogen and oxygen atoms in total. The van der Waals surface area contributed by atoms with Crippen LogP contribution in [0.1, 0.15) is 40.7 Å². The number of rotatable bonds is 1. The van der Waals surface area contributed by atoms with Crippen molar-refractivity contribution < 1.29 is 0 Å². The molecule has 1 aliphatic carbocycles. The molecule has 0 aromatic heterocycles. The fourth-order valence-electron chi connectivity index (χ4n) is 3.01. The second-order valence-electron chi connectivity index (χ2n) is 5.38. The zero-order valence-corrected chi connectivity index (χ0v) is 13.1. The Kier molecular flexibility index (Phi) is 3.10. The van der Waals surface area contributed by atoms with Crippen LogP contribution in [-0.4, -0.2) is 0 Å². The Morgan fingerprint density at radius 3 is 2.53 bits per heavy atom. The summed E-state index contributed by atoms with van der Waals surface area (Å²) in [6, 6.07) is 13.2. The molecule has 1 heteroatoms. The zero-order chi connectivity index (χ0) is 13.6. The van der Waals surface area contributed by atoms with Gasteiger partial charge in [0.05, 0.1) is 0 Å². The van der Waals surface area contributed by atoms with Gasteiger partial charge < -0.3 is 0 Å². The van der Waals surface area contributed by atoms with Gasteiger partial charge >= 0.3 is 0 Å². The summed E-state index contributed by atoms with van der Waals surface area (Å²) in [6.45, 7) is 6.66. The summed E-state index contributed by atoms with van der Waals surface area (Å²) in [7, 11) is 0. The van der Waals surface area contributed by atoms with Gasteiger partial charge in [0.1, 0.15) is 0 Å². The molecule has 2 aromatic carbocycles. The topological polar surface area (TPSA) is 0 Å². The summed E-state index contributed by atoms with van der Waals surface area (Å²) in [5, 5.41) is 0. The van der Waals surface area contributed by atoms with E-state index in [0.29, 0.717) is 5.92 Å². The van der Waals surface area contributed by atoms with Gasteiger partial charge in [-0.1, -0.05) is 51.8 Å². The lowest BCUT2D eigenvalue weighted by atomic mass is 9.85. The molecule has 0 radical (unpaired) electrons. The fraction of sp³-hybridized carbons (Fsp3) is 0.222. The predicted molar refractivity (Wildman–Crippen MR) is 85.6 cm³/mol. The Morgan fingerprint density at radius 1 is 0.947 bits per heavy atom. The number of hydrogen-bond donors (Lipinski definition) is 0. The minimum absolute atomic E-state index is 0.419. The number of fused-ring (bicyclic) bond motifs is 1. The fourth-order valence-corrected chi connectivity index (χ4v) is 3.39. The standard InChI is InChI=1S/C18H17Br/c1-11-5-4-6-16(13(11)3)18-12(2)9-14-10-15(19)7-8-17(14)18/h4-10,18H,1-3H3. The maximum Gasteiger partial charge on any atom is 0.0308 e. The van der Waals surface area contributed by atoms with Crippen molar-refractivity contribution in [1.82, 2.24) is 0 Å². The molecule has 1 unspecified atom stereocenters. The van der Waals surface area contributed by atoms with Crippen LogP contribution in [0.15, 0.2) is 46.4 Å². The van der Waals surface area contributed by atoms with Crippen LogP contribution in [0.5, 0.6) is 0 Å². The molecule has 0 heterocycles. The smallest absolute Gasteiger partial charge is 0.0308 e. The SMILES string of the molecule is CC1=Cc2cc(Br)ccc2C1c1cccc(C)c1C. The third-order valence-corrected chi connectivity index (χ3v) is 4.65. The minimum Gasteiger partial charge on any atom is -0.0617 e. The van der Waals surface area contributed by atoms with E-state index >= 15 is 0 Å². The third-order valence-electron chi connectivity index (χ3n) is 4.16. The molecule has 0 bridgehead atoms. The first-order valence-electron chi connectivity index (χ1n) is 6.61. The average molecular weight is 313 g/mol. The first-order chi connectivity index (χ1) is 9.08. The van der Waals surface area contributed by atoms with Gasteiger partial charge in [0, 0.05) is 10.4 Å². The van der Waals surface area contributed by atoms with Crippen LogP contribution < -0.4 is 0 Å². The van der Waals surface area contributed by atoms with E-state index in [4.69, 9.17) is 0 Å². The van der Waals surface area contributed by atoms with Crippen molar-refractivity contribution in [3.8, 4) is 0 Å². The lowest BCUT2D eigenvalue weighted by molar-refractivity contribution is 0.956. The minimum atomic E-state index is 0.419. The molecule has 3 rings (SSSR count). The quantitative estimate of drug-likeness (QED) is 0.641. The number of allylic oxidation sites excluding steroid dienone is 1. The molecular weight excluding hydrogens is 296 g/mol. The maximum atomic E-state index is 3.56. The van der Waals surface area contributed by atoms with Crippen LogP contribution in [0.2, 0.25) is 0 Å². The van der Waals surface area contributed by atoms with Gasteiger partial charge in [-0.25, -0.2) is 0 Å². The van der Waals surface area contributed by atoms with Gasteiger partial charge in [-0.15, -0.1) is 0 Å². The van der Waals surface area contributed by atoms with Gasteiger partial charge in [0.15, 0.2) is 0 Å². The van der Waals surface area contributed by atoms with E-state index in [1.807, 2.05) is 0 Å². The third kappa shape index (κ3) is 2.06. The van der Waals surface area contributed by atoms with Crippen molar-refractivity contribution >= 4 is 22.0 Å². The molecule has 0 spiro atoms. The molecule has 1 atom stereocenters. The highest BCUT2D eigenvalue weighted by molar-refractivity contribution is 9.10. The van der Waals surface area contributed by atoms with Gasteiger partial charge in [-0.2, -0.15) is 0 Å². The number of halogens is 1. The van der Waals surface area contributed by atoms with Crippen LogP contribution in [0.3, 0.4) is 0 Å². The van der Waals surface area contributed by atoms with Crippen molar-refractivity contribution in [3.63, 3.8) is 0 Å². The molecule has 0 amide bonds. The summed E-state index contributed by atoms with van der Waals surface area (Å²) in [5.41, 5.74) is 8.43. The lowest BCUT2D eigenvalue weighted by Crippen LogP contribution is -2.03. The molecule has 0 aliphatic heterocycles. The first-order valence-corrected chi connectivity index (χ1v) is 7.41. The van der Waals surface area contributed by atoms with Crippen LogP contribution in [0.4, 0.5) is 0 Å². The van der Waals surface area contributed by atoms with Crippen LogP contribution in [0.25, 0.3) is 6.08 Å². The molecule has 0 saturated carbocycles. The normalized spacial score (nSPS) is 17.3. The molecule has 0 N–H and O–H groups in total. The van der Waals surface area contributed by atoms with Crippen LogP contribution >= 0.6 is 15.9 Å². The molecule has 19 heavy (non-hydrogen) atoms. The number of benzene rings is 2. The van der Waals surface area contributed by atoms with E-state index in [0.717, 1.165) is 4.47 Å². The highest BCUT2D eigenvalue weighted by atomic mass is 79.9. The molecule has 2 aromatic rings. The summed E-state index contributed by atoms with van der Waals surface area (Å²) in [5.74, 6) is 0.419. The second-order valence-corrected chi connectivity index (χ2v) is 6.30. The maximum absolute atomic E-state index is 3.56. The largest absolute Gasteiger partial charge is 0.0617 e. The van der Waals surface area contributed by atoms with Crippen molar-refractivity contribution in [2.75, 3.05) is 0 Å². The lowest BCUT2D eigenvalue weighted by Gasteiger charge is -2.19. The number of aryl methyl sites for hydroxylation is 1. The zero-order valence-electron chi connectivity index (χ0n) is 11.5. The highest BCUT2D eigenvalue weighted by Gasteiger charge is 2.25. The average Bonchev–Trinajstić information content (AvgIpc) is 2.68. The Hall–Kier alpha value is -1.34. The second kappa shape index (κ2) is 4.64. The Bertz CT molecular complexity index is 680. The van der Waals surface area contributed by atoms with E-state index in [2.05, 4.69) is 79.2 Å². The van der Waals surface area contributed by atoms with E-state index < -0.39 is 0 Å². The molecule has 96 valence electrons. The summed E-state index contributed by atoms with van der Waals surface area (Å²) >= 11 is 3.56. The van der Waals surface area contributed by atoms with Crippen molar-refractivity contribution in [1.29, 1.82) is 0 Å². The van der Waals surface area contributed by atoms with E-state index in [9.17, 15) is 0 Å². The molecular formula is C18H17Br. The Balaban J connectivity index is 2.18. The molecule has 0 fully saturated rings. The Labute approximate surface area is 123 Å². The van der Waals surface area contributed by atoms with E-state index in [1.54, 1.807) is 0 Å². The monoisotopic (exact) mass is 312 g/mol. The van der Waals surface area contributed by atoms with Gasteiger partial charge in [0.25, 0.3) is 0 Å². The molecule has 1 aliphatic rings. The highest BCUT2D eigenvalue weighted by Crippen LogP contribution is 2.42. The molecule has 0 saturated heterocycles. The van der Waals surface area contributed by atoms with Gasteiger partial charge in [0.2, 0.25) is 0 Å². The predicted octanol–water partition coefficient (Wildman–Crippen LogP) is 5.61. The van der Waals surface area contributed by atoms with E-state index in [-0.39, 0.29) is 0 Å². The van der Waals surface area contributed by atoms with Crippen LogP contribution in [0, 0.1) is 13.8 Å². The Morgan fingerprint density at radius 2 is 1.74 bits per heavy atom. The van der Waals surface area contributed by atoms with Crippen molar-refractivity contribution in [3.05, 3.63) is 74.3 Å².